The predicted octanol–water partition coefficient (Wildman–Crippen LogP) is 0.700. The van der Waals surface area contributed by atoms with Gasteiger partial charge in [-0.3, -0.25) is 0 Å². The molecule has 1 aliphatic heterocycles. The summed E-state index contributed by atoms with van der Waals surface area (Å²) in [5.74, 6) is 0. The smallest absolute Gasteiger partial charge is 0.114 e. The number of benzene rings is 1. The minimum Gasteiger partial charge on any atom is -0.388 e. The standard InChI is InChI=1S/C14H17NO4S/c1-8-11(16)12(17)13(18)14(19-8)10(15-7-20)9-5-3-2-4-6-9/h2-6,8,10-14,16-18H,1H3/t8-,10?,11-,12+,13+,14?/m0/s1. The highest BCUT2D eigenvalue weighted by molar-refractivity contribution is 7.78. The zero-order valence-electron chi connectivity index (χ0n) is 11.0. The molecule has 2 rings (SSSR count). The van der Waals surface area contributed by atoms with Crippen LogP contribution in [0.4, 0.5) is 0 Å². The SMILES string of the molecule is C[C@@H]1OC(C(N=C=S)c2ccccc2)[C@H](O)[C@H](O)[C@H]1O. The van der Waals surface area contributed by atoms with Crippen LogP contribution in [0.3, 0.4) is 0 Å². The number of aliphatic imine (C=N–C) groups is 1. The molecule has 0 spiro atoms. The van der Waals surface area contributed by atoms with Crippen molar-refractivity contribution in [3.63, 3.8) is 0 Å². The molecule has 0 aliphatic carbocycles. The maximum atomic E-state index is 10.1. The Hall–Kier alpha value is -1.14. The second-order valence-electron chi connectivity index (χ2n) is 4.85. The Labute approximate surface area is 122 Å². The minimum atomic E-state index is -1.28. The van der Waals surface area contributed by atoms with Crippen molar-refractivity contribution >= 4 is 17.4 Å². The van der Waals surface area contributed by atoms with Gasteiger partial charge in [-0.2, -0.15) is 0 Å². The van der Waals surface area contributed by atoms with Gasteiger partial charge in [0.05, 0.1) is 11.3 Å². The molecule has 6 heteroatoms. The van der Waals surface area contributed by atoms with E-state index in [0.29, 0.717) is 0 Å². The highest BCUT2D eigenvalue weighted by atomic mass is 32.1. The number of aliphatic hydroxyl groups excluding tert-OH is 3. The van der Waals surface area contributed by atoms with E-state index >= 15 is 0 Å². The van der Waals surface area contributed by atoms with E-state index in [-0.39, 0.29) is 0 Å². The molecule has 3 N–H and O–H groups in total. The molecule has 2 unspecified atom stereocenters. The maximum absolute atomic E-state index is 10.1. The number of isothiocyanates is 1. The van der Waals surface area contributed by atoms with Gasteiger partial charge in [-0.15, -0.1) is 0 Å². The first-order chi connectivity index (χ1) is 9.56. The average Bonchev–Trinajstić information content (AvgIpc) is 2.47. The van der Waals surface area contributed by atoms with Crippen LogP contribution in [0.25, 0.3) is 0 Å². The monoisotopic (exact) mass is 295 g/mol. The molecule has 1 aliphatic rings. The van der Waals surface area contributed by atoms with E-state index in [4.69, 9.17) is 4.74 Å². The number of nitrogens with zero attached hydrogens (tertiary/aromatic N) is 1. The normalized spacial score (nSPS) is 35.1. The average molecular weight is 295 g/mol. The van der Waals surface area contributed by atoms with Gasteiger partial charge in [0.15, 0.2) is 0 Å². The minimum absolute atomic E-state index is 0.576. The summed E-state index contributed by atoms with van der Waals surface area (Å²) >= 11 is 4.65. The van der Waals surface area contributed by atoms with Crippen molar-refractivity contribution in [2.45, 2.75) is 43.5 Å². The third kappa shape index (κ3) is 2.96. The Kier molecular flexibility index (Phi) is 4.99. The molecular formula is C14H17NO4S. The van der Waals surface area contributed by atoms with Gasteiger partial charge in [0, 0.05) is 0 Å². The van der Waals surface area contributed by atoms with Crippen LogP contribution in [-0.2, 0) is 4.74 Å². The molecule has 1 heterocycles. The van der Waals surface area contributed by atoms with E-state index in [0.717, 1.165) is 5.56 Å². The lowest BCUT2D eigenvalue weighted by Crippen LogP contribution is -2.57. The molecule has 6 atom stereocenters. The fourth-order valence-electron chi connectivity index (χ4n) is 2.39. The number of thiocarbonyl (C=S) groups is 1. The van der Waals surface area contributed by atoms with Crippen LogP contribution in [0.1, 0.15) is 18.5 Å². The van der Waals surface area contributed by atoms with Gasteiger partial charge in [-0.25, -0.2) is 4.99 Å². The summed E-state index contributed by atoms with van der Waals surface area (Å²) in [6.07, 6.45) is -5.06. The van der Waals surface area contributed by atoms with Gasteiger partial charge in [0.2, 0.25) is 0 Å². The van der Waals surface area contributed by atoms with Crippen molar-refractivity contribution in [1.82, 2.24) is 0 Å². The molecule has 0 bridgehead atoms. The Morgan fingerprint density at radius 1 is 1.15 bits per heavy atom. The number of rotatable bonds is 3. The second kappa shape index (κ2) is 6.54. The fraction of sp³-hybridized carbons (Fsp3) is 0.500. The van der Waals surface area contributed by atoms with Crippen LogP contribution >= 0.6 is 12.2 Å². The topological polar surface area (TPSA) is 82.3 Å². The first kappa shape index (κ1) is 15.3. The lowest BCUT2D eigenvalue weighted by Gasteiger charge is -2.41. The van der Waals surface area contributed by atoms with Gasteiger partial charge >= 0.3 is 0 Å². The number of hydrogen-bond donors (Lipinski definition) is 3. The number of ether oxygens (including phenoxy) is 1. The first-order valence-corrected chi connectivity index (χ1v) is 6.78. The summed E-state index contributed by atoms with van der Waals surface area (Å²) in [6.45, 7) is 1.63. The van der Waals surface area contributed by atoms with Crippen molar-refractivity contribution in [2.24, 2.45) is 4.99 Å². The third-order valence-electron chi connectivity index (χ3n) is 3.53. The lowest BCUT2D eigenvalue weighted by atomic mass is 9.89. The van der Waals surface area contributed by atoms with Crippen LogP contribution < -0.4 is 0 Å². The number of hydrogen-bond acceptors (Lipinski definition) is 6. The molecule has 0 amide bonds. The first-order valence-electron chi connectivity index (χ1n) is 6.38. The molecule has 0 radical (unpaired) electrons. The van der Waals surface area contributed by atoms with E-state index < -0.39 is 36.6 Å². The molecule has 0 aromatic heterocycles. The van der Waals surface area contributed by atoms with Crippen molar-refractivity contribution in [3.8, 4) is 0 Å². The molecule has 0 saturated carbocycles. The van der Waals surface area contributed by atoms with E-state index in [9.17, 15) is 15.3 Å². The molecule has 1 aromatic rings. The lowest BCUT2D eigenvalue weighted by molar-refractivity contribution is -0.222. The summed E-state index contributed by atoms with van der Waals surface area (Å²) in [5, 5.41) is 32.0. The van der Waals surface area contributed by atoms with Gasteiger partial charge in [-0.1, -0.05) is 30.3 Å². The largest absolute Gasteiger partial charge is 0.388 e. The Morgan fingerprint density at radius 3 is 2.40 bits per heavy atom. The van der Waals surface area contributed by atoms with Crippen LogP contribution in [0.15, 0.2) is 35.3 Å². The predicted molar refractivity (Wildman–Crippen MR) is 76.6 cm³/mol. The highest BCUT2D eigenvalue weighted by Crippen LogP contribution is 2.32. The molecule has 20 heavy (non-hydrogen) atoms. The highest BCUT2D eigenvalue weighted by Gasteiger charge is 2.45. The van der Waals surface area contributed by atoms with Crippen LogP contribution in [0.2, 0.25) is 0 Å². The van der Waals surface area contributed by atoms with E-state index in [2.05, 4.69) is 22.4 Å². The molecule has 5 nitrogen and oxygen atoms in total. The van der Waals surface area contributed by atoms with E-state index in [1.165, 1.54) is 0 Å². The Bertz CT molecular complexity index is 491. The van der Waals surface area contributed by atoms with Gasteiger partial charge in [-0.05, 0) is 24.7 Å². The second-order valence-corrected chi connectivity index (χ2v) is 5.04. The van der Waals surface area contributed by atoms with Gasteiger partial charge in [0.1, 0.15) is 30.5 Å². The summed E-state index contributed by atoms with van der Waals surface area (Å²) < 4.78 is 5.61. The summed E-state index contributed by atoms with van der Waals surface area (Å²) in [7, 11) is 0. The quantitative estimate of drug-likeness (QED) is 0.565. The fourth-order valence-corrected chi connectivity index (χ4v) is 2.50. The van der Waals surface area contributed by atoms with Crippen molar-refractivity contribution in [2.75, 3.05) is 0 Å². The van der Waals surface area contributed by atoms with Crippen molar-refractivity contribution < 1.29 is 20.1 Å². The molecule has 1 fully saturated rings. The summed E-state index contributed by atoms with van der Waals surface area (Å²) in [4.78, 5) is 4.05. The molecule has 1 aromatic carbocycles. The van der Waals surface area contributed by atoms with Crippen molar-refractivity contribution in [1.29, 1.82) is 0 Å². The van der Waals surface area contributed by atoms with Crippen LogP contribution in [-0.4, -0.2) is 51.0 Å². The van der Waals surface area contributed by atoms with Gasteiger partial charge in [0.25, 0.3) is 0 Å². The Morgan fingerprint density at radius 2 is 1.80 bits per heavy atom. The number of aliphatic hydroxyl groups is 3. The zero-order valence-corrected chi connectivity index (χ0v) is 11.8. The molecule has 108 valence electrons. The molecule has 1 saturated heterocycles. The molecular weight excluding hydrogens is 278 g/mol. The Balaban J connectivity index is 2.32. The van der Waals surface area contributed by atoms with Crippen molar-refractivity contribution in [3.05, 3.63) is 35.9 Å². The van der Waals surface area contributed by atoms with Crippen LogP contribution in [0.5, 0.6) is 0 Å². The summed E-state index contributed by atoms with van der Waals surface area (Å²) in [5.41, 5.74) is 0.796. The van der Waals surface area contributed by atoms with Gasteiger partial charge < -0.3 is 20.1 Å². The van der Waals surface area contributed by atoms with E-state index in [1.54, 1.807) is 6.92 Å². The maximum Gasteiger partial charge on any atom is 0.114 e. The summed E-state index contributed by atoms with van der Waals surface area (Å²) in [6, 6.07) is 8.63. The third-order valence-corrected chi connectivity index (χ3v) is 3.64. The zero-order chi connectivity index (χ0) is 14.7. The van der Waals surface area contributed by atoms with Crippen LogP contribution in [0, 0.1) is 0 Å². The van der Waals surface area contributed by atoms with E-state index in [1.807, 2.05) is 30.3 Å².